The molecule has 3 rings (SSSR count). The first-order valence-electron chi connectivity index (χ1n) is 7.94. The molecule has 0 bridgehead atoms. The van der Waals surface area contributed by atoms with Crippen LogP contribution in [0.2, 0.25) is 0 Å². The first-order chi connectivity index (χ1) is 12.6. The van der Waals surface area contributed by atoms with E-state index in [4.69, 9.17) is 11.6 Å². The predicted octanol–water partition coefficient (Wildman–Crippen LogP) is 5.14. The molecule has 0 atom stereocenters. The second kappa shape index (κ2) is 8.13. The number of sulfone groups is 1. The number of hydrogen-bond acceptors (Lipinski definition) is 3. The standard InChI is InChI=1S/C21H16ClNO2S/c22-21(18-12-6-2-7-13-18)23-20(16-17-10-4-1-5-11-17)26(24,25)19-14-8-3-9-15-19/h1-16H/b20-16+,23-21-. The van der Waals surface area contributed by atoms with E-state index in [0.29, 0.717) is 5.56 Å². The molecule has 26 heavy (non-hydrogen) atoms. The number of aliphatic imine (C=N–C) groups is 1. The Labute approximate surface area is 158 Å². The normalized spacial score (nSPS) is 12.8. The summed E-state index contributed by atoms with van der Waals surface area (Å²) in [5, 5.41) is 0.0102. The lowest BCUT2D eigenvalue weighted by molar-refractivity contribution is 0.602. The van der Waals surface area contributed by atoms with Crippen molar-refractivity contribution in [3.05, 3.63) is 107 Å². The van der Waals surface area contributed by atoms with Crippen molar-refractivity contribution in [1.82, 2.24) is 0 Å². The molecule has 0 unspecified atom stereocenters. The van der Waals surface area contributed by atoms with E-state index in [9.17, 15) is 8.42 Å². The molecule has 0 saturated carbocycles. The average Bonchev–Trinajstić information content (AvgIpc) is 2.69. The van der Waals surface area contributed by atoms with Crippen molar-refractivity contribution in [1.29, 1.82) is 0 Å². The van der Waals surface area contributed by atoms with Crippen molar-refractivity contribution in [3.63, 3.8) is 0 Å². The summed E-state index contributed by atoms with van der Waals surface area (Å²) in [6.45, 7) is 0. The van der Waals surface area contributed by atoms with E-state index in [2.05, 4.69) is 4.99 Å². The maximum atomic E-state index is 13.1. The van der Waals surface area contributed by atoms with Gasteiger partial charge in [0.05, 0.1) is 4.90 Å². The Balaban J connectivity index is 2.13. The molecule has 0 amide bonds. The molecular weight excluding hydrogens is 366 g/mol. The molecular formula is C21H16ClNO2S. The van der Waals surface area contributed by atoms with Gasteiger partial charge in [-0.15, -0.1) is 0 Å². The minimum atomic E-state index is -3.81. The molecule has 3 aromatic carbocycles. The van der Waals surface area contributed by atoms with E-state index in [0.717, 1.165) is 5.56 Å². The zero-order valence-electron chi connectivity index (χ0n) is 13.8. The minimum absolute atomic E-state index is 0.108. The monoisotopic (exact) mass is 381 g/mol. The van der Waals surface area contributed by atoms with Gasteiger partial charge in [-0.3, -0.25) is 0 Å². The first kappa shape index (κ1) is 18.1. The highest BCUT2D eigenvalue weighted by molar-refractivity contribution is 7.95. The third-order valence-electron chi connectivity index (χ3n) is 3.64. The zero-order valence-corrected chi connectivity index (χ0v) is 15.4. The van der Waals surface area contributed by atoms with E-state index in [1.807, 2.05) is 48.5 Å². The maximum Gasteiger partial charge on any atom is 0.223 e. The van der Waals surface area contributed by atoms with Gasteiger partial charge < -0.3 is 0 Å². The molecule has 3 aromatic rings. The van der Waals surface area contributed by atoms with Gasteiger partial charge in [0.15, 0.2) is 5.03 Å². The highest BCUT2D eigenvalue weighted by Gasteiger charge is 2.21. The zero-order chi connectivity index (χ0) is 18.4. The van der Waals surface area contributed by atoms with Gasteiger partial charge in [0, 0.05) is 5.56 Å². The van der Waals surface area contributed by atoms with Gasteiger partial charge in [-0.2, -0.15) is 0 Å². The van der Waals surface area contributed by atoms with Gasteiger partial charge in [0.25, 0.3) is 0 Å². The molecule has 0 aromatic heterocycles. The summed E-state index contributed by atoms with van der Waals surface area (Å²) in [5.74, 6) is 0. The van der Waals surface area contributed by atoms with Crippen LogP contribution >= 0.6 is 11.6 Å². The molecule has 0 N–H and O–H groups in total. The second-order valence-corrected chi connectivity index (χ2v) is 7.73. The minimum Gasteiger partial charge on any atom is -0.223 e. The Morgan fingerprint density at radius 2 is 1.27 bits per heavy atom. The molecule has 0 aliphatic rings. The van der Waals surface area contributed by atoms with Crippen molar-refractivity contribution in [3.8, 4) is 0 Å². The van der Waals surface area contributed by atoms with Crippen LogP contribution in [0.5, 0.6) is 0 Å². The molecule has 0 aliphatic heterocycles. The smallest absolute Gasteiger partial charge is 0.223 e. The lowest BCUT2D eigenvalue weighted by Crippen LogP contribution is -2.05. The predicted molar refractivity (Wildman–Crippen MR) is 107 cm³/mol. The van der Waals surface area contributed by atoms with Gasteiger partial charge in [-0.1, -0.05) is 90.5 Å². The van der Waals surface area contributed by atoms with Gasteiger partial charge in [0.1, 0.15) is 5.17 Å². The highest BCUT2D eigenvalue weighted by atomic mass is 35.5. The van der Waals surface area contributed by atoms with Gasteiger partial charge in [-0.05, 0) is 23.8 Å². The fourth-order valence-corrected chi connectivity index (χ4v) is 3.85. The summed E-state index contributed by atoms with van der Waals surface area (Å²) < 4.78 is 26.1. The van der Waals surface area contributed by atoms with Crippen LogP contribution in [0.4, 0.5) is 0 Å². The van der Waals surface area contributed by atoms with Crippen LogP contribution in [0.15, 0.2) is 106 Å². The van der Waals surface area contributed by atoms with Crippen molar-refractivity contribution in [2.24, 2.45) is 4.99 Å². The molecule has 0 heterocycles. The quantitative estimate of drug-likeness (QED) is 0.574. The van der Waals surface area contributed by atoms with E-state index in [-0.39, 0.29) is 15.1 Å². The van der Waals surface area contributed by atoms with Gasteiger partial charge >= 0.3 is 0 Å². The maximum absolute atomic E-state index is 13.1. The molecule has 0 radical (unpaired) electrons. The molecule has 3 nitrogen and oxygen atoms in total. The molecule has 5 heteroatoms. The second-order valence-electron chi connectivity index (χ2n) is 5.48. The van der Waals surface area contributed by atoms with Crippen molar-refractivity contribution in [2.75, 3.05) is 0 Å². The average molecular weight is 382 g/mol. The summed E-state index contributed by atoms with van der Waals surface area (Å²) in [7, 11) is -3.81. The van der Waals surface area contributed by atoms with Gasteiger partial charge in [0.2, 0.25) is 9.84 Å². The van der Waals surface area contributed by atoms with Gasteiger partial charge in [-0.25, -0.2) is 13.4 Å². The fourth-order valence-electron chi connectivity index (χ4n) is 2.32. The third-order valence-corrected chi connectivity index (χ3v) is 5.59. The fraction of sp³-hybridized carbons (Fsp3) is 0. The molecule has 0 fully saturated rings. The number of benzene rings is 3. The lowest BCUT2D eigenvalue weighted by atomic mass is 10.2. The summed E-state index contributed by atoms with van der Waals surface area (Å²) in [5.41, 5.74) is 1.37. The van der Waals surface area contributed by atoms with E-state index in [1.165, 1.54) is 6.08 Å². The Morgan fingerprint density at radius 1 is 0.769 bits per heavy atom. The Morgan fingerprint density at radius 3 is 1.85 bits per heavy atom. The Kier molecular flexibility index (Phi) is 5.66. The molecule has 0 saturated heterocycles. The van der Waals surface area contributed by atoms with E-state index >= 15 is 0 Å². The van der Waals surface area contributed by atoms with Crippen LogP contribution in [-0.2, 0) is 9.84 Å². The van der Waals surface area contributed by atoms with Crippen LogP contribution in [0, 0.1) is 0 Å². The molecule has 130 valence electrons. The van der Waals surface area contributed by atoms with E-state index in [1.54, 1.807) is 42.5 Å². The van der Waals surface area contributed by atoms with E-state index < -0.39 is 9.84 Å². The largest absolute Gasteiger partial charge is 0.223 e. The summed E-state index contributed by atoms with van der Waals surface area (Å²) in [4.78, 5) is 4.42. The van der Waals surface area contributed by atoms with Crippen LogP contribution in [-0.4, -0.2) is 13.6 Å². The SMILES string of the molecule is O=S(=O)(C(=C/c1ccccc1)/N=C(\Cl)c1ccccc1)c1ccccc1. The summed E-state index contributed by atoms with van der Waals surface area (Å²) >= 11 is 6.31. The third kappa shape index (κ3) is 4.28. The topological polar surface area (TPSA) is 46.5 Å². The summed E-state index contributed by atoms with van der Waals surface area (Å²) in [6.07, 6.45) is 1.52. The summed E-state index contributed by atoms with van der Waals surface area (Å²) in [6, 6.07) is 26.4. The van der Waals surface area contributed by atoms with Crippen LogP contribution in [0.1, 0.15) is 11.1 Å². The number of nitrogens with zero attached hydrogens (tertiary/aromatic N) is 1. The first-order valence-corrected chi connectivity index (χ1v) is 9.80. The molecule has 0 spiro atoms. The highest BCUT2D eigenvalue weighted by Crippen LogP contribution is 2.24. The number of hydrogen-bond donors (Lipinski definition) is 0. The lowest BCUT2D eigenvalue weighted by Gasteiger charge is -2.07. The number of halogens is 1. The van der Waals surface area contributed by atoms with Crippen molar-refractivity contribution >= 4 is 32.7 Å². The number of rotatable bonds is 5. The Bertz CT molecular complexity index is 1030. The van der Waals surface area contributed by atoms with Crippen LogP contribution < -0.4 is 0 Å². The molecule has 0 aliphatic carbocycles. The van der Waals surface area contributed by atoms with Crippen LogP contribution in [0.25, 0.3) is 6.08 Å². The Hall–Kier alpha value is -2.69. The van der Waals surface area contributed by atoms with Crippen molar-refractivity contribution < 1.29 is 8.42 Å². The van der Waals surface area contributed by atoms with Crippen molar-refractivity contribution in [2.45, 2.75) is 4.90 Å². The van der Waals surface area contributed by atoms with Crippen LogP contribution in [0.3, 0.4) is 0 Å².